The second-order valence-electron chi connectivity index (χ2n) is 7.14. The van der Waals surface area contributed by atoms with E-state index < -0.39 is 15.9 Å². The highest BCUT2D eigenvalue weighted by atomic mass is 32.2. The van der Waals surface area contributed by atoms with E-state index in [2.05, 4.69) is 11.4 Å². The van der Waals surface area contributed by atoms with Gasteiger partial charge in [-0.15, -0.1) is 11.3 Å². The third kappa shape index (κ3) is 4.21. The second kappa shape index (κ2) is 7.94. The smallest absolute Gasteiger partial charge is 0.245 e. The van der Waals surface area contributed by atoms with Crippen LogP contribution in [-0.2, 0) is 27.7 Å². The molecule has 1 aliphatic rings. The molecule has 3 rings (SSSR count). The maximum absolute atomic E-state index is 12.7. The molecule has 2 aromatic rings. The second-order valence-corrected chi connectivity index (χ2v) is 10.1. The lowest BCUT2D eigenvalue weighted by Gasteiger charge is -2.21. The van der Waals surface area contributed by atoms with E-state index in [0.29, 0.717) is 16.3 Å². The average molecular weight is 418 g/mol. The van der Waals surface area contributed by atoms with Crippen LogP contribution in [-0.4, -0.2) is 27.1 Å². The predicted octanol–water partition coefficient (Wildman–Crippen LogP) is 3.52. The third-order valence-electron chi connectivity index (χ3n) is 4.85. The first-order valence-corrected chi connectivity index (χ1v) is 11.8. The summed E-state index contributed by atoms with van der Waals surface area (Å²) in [5.41, 5.74) is 3.89. The van der Waals surface area contributed by atoms with E-state index in [1.165, 1.54) is 11.3 Å². The molecule has 0 fully saturated rings. The summed E-state index contributed by atoms with van der Waals surface area (Å²) in [4.78, 5) is 13.7. The Morgan fingerprint density at radius 1 is 1.29 bits per heavy atom. The molecule has 6 nitrogen and oxygen atoms in total. The van der Waals surface area contributed by atoms with Gasteiger partial charge in [-0.05, 0) is 62.3 Å². The fourth-order valence-electron chi connectivity index (χ4n) is 3.37. The maximum atomic E-state index is 12.7. The van der Waals surface area contributed by atoms with E-state index in [0.717, 1.165) is 57.8 Å². The van der Waals surface area contributed by atoms with Gasteiger partial charge < -0.3 is 5.32 Å². The zero-order valence-electron chi connectivity index (χ0n) is 16.2. The van der Waals surface area contributed by atoms with E-state index in [9.17, 15) is 18.5 Å². The number of amides is 1. The Balaban J connectivity index is 1.92. The summed E-state index contributed by atoms with van der Waals surface area (Å²) in [6.45, 7) is 3.44. The number of fused-ring (bicyclic) bond motifs is 1. The molecular weight excluding hydrogens is 394 g/mol. The summed E-state index contributed by atoms with van der Waals surface area (Å²) in [6.07, 6.45) is 4.72. The number of nitrogens with one attached hydrogen (secondary N) is 1. The first kappa shape index (κ1) is 20.4. The monoisotopic (exact) mass is 417 g/mol. The zero-order valence-corrected chi connectivity index (χ0v) is 17.8. The number of sulfonamides is 1. The van der Waals surface area contributed by atoms with Crippen molar-refractivity contribution in [2.75, 3.05) is 22.4 Å². The minimum Gasteiger partial charge on any atom is -0.324 e. The van der Waals surface area contributed by atoms with Crippen molar-refractivity contribution in [2.45, 2.75) is 39.5 Å². The number of anilines is 2. The molecule has 0 radical (unpaired) electrons. The molecule has 0 spiro atoms. The van der Waals surface area contributed by atoms with Gasteiger partial charge in [0.2, 0.25) is 15.9 Å². The van der Waals surface area contributed by atoms with Crippen LogP contribution in [0.5, 0.6) is 0 Å². The van der Waals surface area contributed by atoms with Crippen molar-refractivity contribution in [3.05, 3.63) is 45.3 Å². The molecule has 1 N–H and O–H groups in total. The summed E-state index contributed by atoms with van der Waals surface area (Å²) in [6, 6.07) is 7.87. The van der Waals surface area contributed by atoms with Crippen LogP contribution in [0.1, 0.15) is 40.0 Å². The van der Waals surface area contributed by atoms with Crippen LogP contribution in [0.3, 0.4) is 0 Å². The molecule has 0 atom stereocenters. The van der Waals surface area contributed by atoms with Gasteiger partial charge >= 0.3 is 0 Å². The highest BCUT2D eigenvalue weighted by molar-refractivity contribution is 7.92. The maximum Gasteiger partial charge on any atom is 0.245 e. The molecule has 0 saturated heterocycles. The van der Waals surface area contributed by atoms with E-state index in [-0.39, 0.29) is 6.54 Å². The van der Waals surface area contributed by atoms with Gasteiger partial charge in [0, 0.05) is 10.6 Å². The van der Waals surface area contributed by atoms with E-state index in [1.54, 1.807) is 0 Å². The number of hydrogen-bond acceptors (Lipinski definition) is 5. The van der Waals surface area contributed by atoms with Gasteiger partial charge in [0.1, 0.15) is 17.6 Å². The lowest BCUT2D eigenvalue weighted by atomic mass is 9.96. The van der Waals surface area contributed by atoms with Crippen LogP contribution in [0, 0.1) is 25.2 Å². The number of carbonyl (C=O) groups is 1. The van der Waals surface area contributed by atoms with Crippen LogP contribution >= 0.6 is 11.3 Å². The summed E-state index contributed by atoms with van der Waals surface area (Å²) in [5.74, 6) is -0.436. The SMILES string of the molecule is Cc1ccc(C)c(NC(=O)CN(c2sc3c(c2C#N)CCCC3)S(C)(=O)=O)c1. The van der Waals surface area contributed by atoms with Crippen LogP contribution < -0.4 is 9.62 Å². The van der Waals surface area contributed by atoms with Crippen LogP contribution in [0.25, 0.3) is 0 Å². The molecule has 8 heteroatoms. The van der Waals surface area contributed by atoms with Crippen LogP contribution in [0.15, 0.2) is 18.2 Å². The molecule has 0 aliphatic heterocycles. The van der Waals surface area contributed by atoms with Gasteiger partial charge in [-0.3, -0.25) is 9.10 Å². The molecule has 28 heavy (non-hydrogen) atoms. The Labute approximate surface area is 169 Å². The van der Waals surface area contributed by atoms with Crippen molar-refractivity contribution < 1.29 is 13.2 Å². The van der Waals surface area contributed by atoms with Crippen molar-refractivity contribution in [1.82, 2.24) is 0 Å². The van der Waals surface area contributed by atoms with Gasteiger partial charge in [0.05, 0.1) is 11.8 Å². The standard InChI is InChI=1S/C20H23N3O3S2/c1-13-8-9-14(2)17(10-13)22-19(24)12-23(28(3,25)26)20-16(11-21)15-6-4-5-7-18(15)27-20/h8-10H,4-7,12H2,1-3H3,(H,22,24). The largest absolute Gasteiger partial charge is 0.324 e. The van der Waals surface area contributed by atoms with Gasteiger partial charge in [0.15, 0.2) is 0 Å². The topological polar surface area (TPSA) is 90.3 Å². The first-order chi connectivity index (χ1) is 13.2. The lowest BCUT2D eigenvalue weighted by molar-refractivity contribution is -0.114. The highest BCUT2D eigenvalue weighted by Gasteiger charge is 2.29. The number of nitrogens with zero attached hydrogens (tertiary/aromatic N) is 2. The molecule has 1 aromatic carbocycles. The molecule has 1 amide bonds. The molecule has 0 bridgehead atoms. The number of hydrogen-bond donors (Lipinski definition) is 1. The van der Waals surface area contributed by atoms with Crippen molar-refractivity contribution in [2.24, 2.45) is 0 Å². The highest BCUT2D eigenvalue weighted by Crippen LogP contribution is 2.40. The first-order valence-electron chi connectivity index (χ1n) is 9.10. The molecular formula is C20H23N3O3S2. The number of aryl methyl sites for hydroxylation is 3. The summed E-state index contributed by atoms with van der Waals surface area (Å²) >= 11 is 1.32. The predicted molar refractivity (Wildman–Crippen MR) is 112 cm³/mol. The molecule has 1 aromatic heterocycles. The van der Waals surface area contributed by atoms with Crippen LogP contribution in [0.4, 0.5) is 10.7 Å². The molecule has 1 heterocycles. The minimum absolute atomic E-state index is 0.355. The Hall–Kier alpha value is -2.37. The van der Waals surface area contributed by atoms with Crippen molar-refractivity contribution in [1.29, 1.82) is 5.26 Å². The molecule has 1 aliphatic carbocycles. The van der Waals surface area contributed by atoms with Crippen molar-refractivity contribution in [3.8, 4) is 6.07 Å². The number of thiophene rings is 1. The average Bonchev–Trinajstić information content (AvgIpc) is 2.99. The van der Waals surface area contributed by atoms with Crippen LogP contribution in [0.2, 0.25) is 0 Å². The summed E-state index contributed by atoms with van der Waals surface area (Å²) in [5, 5.41) is 12.8. The fourth-order valence-corrected chi connectivity index (χ4v) is 5.88. The number of rotatable bonds is 5. The number of nitriles is 1. The number of carbonyl (C=O) groups excluding carboxylic acids is 1. The molecule has 0 saturated carbocycles. The Morgan fingerprint density at radius 3 is 2.68 bits per heavy atom. The third-order valence-corrected chi connectivity index (χ3v) is 7.39. The number of benzene rings is 1. The van der Waals surface area contributed by atoms with Crippen molar-refractivity contribution >= 4 is 38.0 Å². The molecule has 0 unspecified atom stereocenters. The summed E-state index contributed by atoms with van der Waals surface area (Å²) in [7, 11) is -3.72. The minimum atomic E-state index is -3.72. The molecule has 148 valence electrons. The van der Waals surface area contributed by atoms with Gasteiger partial charge in [-0.25, -0.2) is 8.42 Å². The zero-order chi connectivity index (χ0) is 20.5. The normalized spacial score (nSPS) is 13.5. The Bertz CT molecular complexity index is 1070. The summed E-state index contributed by atoms with van der Waals surface area (Å²) < 4.78 is 26.0. The quantitative estimate of drug-likeness (QED) is 0.806. The Morgan fingerprint density at radius 2 is 2.00 bits per heavy atom. The van der Waals surface area contributed by atoms with E-state index in [1.807, 2.05) is 32.0 Å². The van der Waals surface area contributed by atoms with E-state index in [4.69, 9.17) is 0 Å². The van der Waals surface area contributed by atoms with E-state index >= 15 is 0 Å². The van der Waals surface area contributed by atoms with Crippen molar-refractivity contribution in [3.63, 3.8) is 0 Å². The van der Waals surface area contributed by atoms with Gasteiger partial charge in [0.25, 0.3) is 0 Å². The lowest BCUT2D eigenvalue weighted by Crippen LogP contribution is -2.37. The Kier molecular flexibility index (Phi) is 5.77. The van der Waals surface area contributed by atoms with Gasteiger partial charge in [-0.1, -0.05) is 12.1 Å². The fraction of sp³-hybridized carbons (Fsp3) is 0.400. The van der Waals surface area contributed by atoms with Gasteiger partial charge in [-0.2, -0.15) is 5.26 Å².